The Labute approximate surface area is 236 Å². The number of hydrogen-bond acceptors (Lipinski definition) is 7. The van der Waals surface area contributed by atoms with Crippen LogP contribution in [0.3, 0.4) is 0 Å². The minimum Gasteiger partial charge on any atom is -0.471 e. The summed E-state index contributed by atoms with van der Waals surface area (Å²) in [5.41, 5.74) is 3.78. The van der Waals surface area contributed by atoms with E-state index in [4.69, 9.17) is 4.74 Å². The Bertz CT molecular complexity index is 1530. The molecule has 1 aromatic heterocycles. The van der Waals surface area contributed by atoms with Gasteiger partial charge in [-0.25, -0.2) is 18.1 Å². The maximum absolute atomic E-state index is 13.7. The maximum atomic E-state index is 13.7. The zero-order valence-corrected chi connectivity index (χ0v) is 24.7. The summed E-state index contributed by atoms with van der Waals surface area (Å²) in [4.78, 5) is 26.8. The Balaban J connectivity index is 1.66. The smallest absolute Gasteiger partial charge is 0.264 e. The molecule has 0 radical (unpaired) electrons. The molecule has 1 fully saturated rings. The highest BCUT2D eigenvalue weighted by molar-refractivity contribution is 7.92. The molecule has 40 heavy (non-hydrogen) atoms. The summed E-state index contributed by atoms with van der Waals surface area (Å²) in [7, 11) is -4.08. The molecule has 2 atom stereocenters. The molecule has 6 bridgehead atoms. The lowest BCUT2D eigenvalue weighted by Gasteiger charge is -2.38. The fourth-order valence-electron chi connectivity index (χ4n) is 5.36. The molecular weight excluding hydrogens is 526 g/mol. The summed E-state index contributed by atoms with van der Waals surface area (Å²) in [5.74, 6) is -0.0698. The van der Waals surface area contributed by atoms with Crippen molar-refractivity contribution in [3.8, 4) is 17.1 Å². The van der Waals surface area contributed by atoms with Crippen molar-refractivity contribution in [3.05, 3.63) is 65.2 Å². The predicted molar refractivity (Wildman–Crippen MR) is 155 cm³/mol. The molecule has 0 aliphatic carbocycles. The van der Waals surface area contributed by atoms with Crippen LogP contribution in [0.15, 0.2) is 53.4 Å². The van der Waals surface area contributed by atoms with E-state index in [0.717, 1.165) is 16.7 Å². The minimum absolute atomic E-state index is 0.0226. The molecule has 212 valence electrons. The van der Waals surface area contributed by atoms with Crippen LogP contribution in [0.4, 0.5) is 5.95 Å². The fraction of sp³-hybridized carbons (Fsp3) is 0.433. The van der Waals surface area contributed by atoms with Crippen molar-refractivity contribution >= 4 is 21.9 Å². The summed E-state index contributed by atoms with van der Waals surface area (Å²) >= 11 is 0. The molecular formula is C30H37N5O4S. The number of fused-ring (bicyclic) bond motifs is 6. The van der Waals surface area contributed by atoms with Crippen molar-refractivity contribution in [2.45, 2.75) is 58.6 Å². The van der Waals surface area contributed by atoms with Crippen LogP contribution in [0.1, 0.15) is 49.2 Å². The van der Waals surface area contributed by atoms with Crippen molar-refractivity contribution in [1.82, 2.24) is 19.8 Å². The first-order chi connectivity index (χ1) is 18.8. The monoisotopic (exact) mass is 563 g/mol. The second-order valence-electron chi connectivity index (χ2n) is 11.8. The minimum atomic E-state index is -4.08. The summed E-state index contributed by atoms with van der Waals surface area (Å²) in [6, 6.07) is 14.0. The van der Waals surface area contributed by atoms with E-state index in [1.54, 1.807) is 23.1 Å². The topological polar surface area (TPSA) is 105 Å². The lowest BCUT2D eigenvalue weighted by atomic mass is 9.87. The molecule has 0 saturated carbocycles. The van der Waals surface area contributed by atoms with E-state index in [1.807, 2.05) is 32.0 Å². The van der Waals surface area contributed by atoms with Gasteiger partial charge >= 0.3 is 0 Å². The summed E-state index contributed by atoms with van der Waals surface area (Å²) < 4.78 is 35.8. The Morgan fingerprint density at radius 1 is 1.00 bits per heavy atom. The zero-order valence-electron chi connectivity index (χ0n) is 23.9. The van der Waals surface area contributed by atoms with E-state index in [-0.39, 0.29) is 34.1 Å². The van der Waals surface area contributed by atoms with Crippen LogP contribution < -0.4 is 9.46 Å². The summed E-state index contributed by atoms with van der Waals surface area (Å²) in [5, 5.41) is 0. The maximum Gasteiger partial charge on any atom is 0.264 e. The molecule has 0 spiro atoms. The first kappa shape index (κ1) is 28.0. The molecule has 3 aromatic rings. The highest BCUT2D eigenvalue weighted by Gasteiger charge is 2.34. The molecule has 2 aromatic carbocycles. The van der Waals surface area contributed by atoms with Crippen molar-refractivity contribution < 1.29 is 17.9 Å². The van der Waals surface area contributed by atoms with E-state index in [0.29, 0.717) is 37.4 Å². The van der Waals surface area contributed by atoms with E-state index in [2.05, 4.69) is 47.3 Å². The molecule has 5 rings (SSSR count). The van der Waals surface area contributed by atoms with Gasteiger partial charge in [-0.3, -0.25) is 9.69 Å². The van der Waals surface area contributed by atoms with E-state index < -0.39 is 16.1 Å². The van der Waals surface area contributed by atoms with Gasteiger partial charge in [0.2, 0.25) is 11.8 Å². The number of carbonyl (C=O) groups is 1. The van der Waals surface area contributed by atoms with Crippen molar-refractivity contribution in [2.24, 2.45) is 5.41 Å². The van der Waals surface area contributed by atoms with Crippen LogP contribution in [0.5, 0.6) is 5.88 Å². The molecule has 1 N–H and O–H groups in total. The van der Waals surface area contributed by atoms with E-state index in [1.165, 1.54) is 12.1 Å². The third-order valence-electron chi connectivity index (χ3n) is 7.95. The average Bonchev–Trinajstić information content (AvgIpc) is 3.09. The fourth-order valence-corrected chi connectivity index (χ4v) is 6.35. The number of sulfonamides is 1. The normalized spacial score (nSPS) is 20.2. The number of nitrogens with one attached hydrogen (secondary N) is 1. The Morgan fingerprint density at radius 2 is 1.70 bits per heavy atom. The first-order valence-corrected chi connectivity index (χ1v) is 15.1. The number of carbonyl (C=O) groups excluding carboxylic acids is 1. The number of anilines is 1. The molecule has 2 aliphatic heterocycles. The summed E-state index contributed by atoms with van der Waals surface area (Å²) in [6.45, 7) is 14.9. The molecule has 1 amide bonds. The highest BCUT2D eigenvalue weighted by Crippen LogP contribution is 2.31. The SMILES string of the molecule is Cc1cccc(C)c1-c1cc2nc(n1)NS(=O)(=O)c1cccc(c1)C(=O)N1CCN(C(C)C(C)(C)C)C[C@H](C1)O2. The average molecular weight is 564 g/mol. The second kappa shape index (κ2) is 10.5. The van der Waals surface area contributed by atoms with Gasteiger partial charge in [0.15, 0.2) is 0 Å². The zero-order chi connectivity index (χ0) is 28.8. The van der Waals surface area contributed by atoms with Gasteiger partial charge < -0.3 is 9.64 Å². The van der Waals surface area contributed by atoms with Gasteiger partial charge in [-0.15, -0.1) is 0 Å². The number of nitrogens with zero attached hydrogens (tertiary/aromatic N) is 4. The Morgan fingerprint density at radius 3 is 2.40 bits per heavy atom. The van der Waals surface area contributed by atoms with Gasteiger partial charge in [-0.05, 0) is 55.5 Å². The van der Waals surface area contributed by atoms with Crippen LogP contribution in [0.2, 0.25) is 0 Å². The number of rotatable bonds is 2. The number of benzene rings is 2. The second-order valence-corrected chi connectivity index (χ2v) is 13.5. The van der Waals surface area contributed by atoms with Crippen molar-refractivity contribution in [2.75, 3.05) is 30.9 Å². The Hall–Kier alpha value is -3.50. The molecule has 2 aliphatic rings. The molecule has 9 nitrogen and oxygen atoms in total. The molecule has 10 heteroatoms. The predicted octanol–water partition coefficient (Wildman–Crippen LogP) is 4.51. The van der Waals surface area contributed by atoms with Gasteiger partial charge in [-0.1, -0.05) is 45.0 Å². The van der Waals surface area contributed by atoms with Crippen LogP contribution in [0.25, 0.3) is 11.3 Å². The number of aromatic nitrogens is 2. The quantitative estimate of drug-likeness (QED) is 0.489. The number of ether oxygens (including phenoxy) is 1. The lowest BCUT2D eigenvalue weighted by molar-refractivity contribution is 0.0662. The first-order valence-electron chi connectivity index (χ1n) is 13.6. The van der Waals surface area contributed by atoms with Crippen molar-refractivity contribution in [1.29, 1.82) is 0 Å². The van der Waals surface area contributed by atoms with Crippen LogP contribution in [-0.2, 0) is 10.0 Å². The van der Waals surface area contributed by atoms with Gasteiger partial charge in [-0.2, -0.15) is 4.98 Å². The van der Waals surface area contributed by atoms with Crippen LogP contribution in [-0.4, -0.2) is 72.4 Å². The van der Waals surface area contributed by atoms with Crippen LogP contribution in [0, 0.1) is 19.3 Å². The van der Waals surface area contributed by atoms with Gasteiger partial charge in [0.1, 0.15) is 6.10 Å². The van der Waals surface area contributed by atoms with Gasteiger partial charge in [0.05, 0.1) is 17.1 Å². The van der Waals surface area contributed by atoms with Gasteiger partial charge in [0, 0.05) is 42.9 Å². The van der Waals surface area contributed by atoms with Crippen LogP contribution >= 0.6 is 0 Å². The number of amides is 1. The summed E-state index contributed by atoms with van der Waals surface area (Å²) in [6.07, 6.45) is -0.398. The van der Waals surface area contributed by atoms with E-state index >= 15 is 0 Å². The number of aryl methyl sites for hydroxylation is 2. The molecule has 1 unspecified atom stereocenters. The largest absolute Gasteiger partial charge is 0.471 e. The van der Waals surface area contributed by atoms with Gasteiger partial charge in [0.25, 0.3) is 15.9 Å². The number of hydrogen-bond donors (Lipinski definition) is 1. The third-order valence-corrected chi connectivity index (χ3v) is 9.28. The Kier molecular flexibility index (Phi) is 7.35. The van der Waals surface area contributed by atoms with E-state index in [9.17, 15) is 13.2 Å². The molecule has 3 heterocycles. The lowest BCUT2D eigenvalue weighted by Crippen LogP contribution is -2.46. The molecule has 1 saturated heterocycles. The van der Waals surface area contributed by atoms with Crippen molar-refractivity contribution in [3.63, 3.8) is 0 Å². The highest BCUT2D eigenvalue weighted by atomic mass is 32.2. The third kappa shape index (κ3) is 5.69. The standard InChI is InChI=1S/C30H37N5O4S/c1-19-9-7-10-20(2)27(19)25-16-26-32-29(31-25)33-40(37,38)24-12-8-11-22(15-24)28(36)35-14-13-34(17-23(18-35)39-26)21(3)30(4,5)6/h7-12,15-16,21,23H,13-14,17-18H2,1-6H3,(H,31,32,33)/t21?,23-/m1/s1.